The van der Waals surface area contributed by atoms with Gasteiger partial charge in [0, 0.05) is 23.7 Å². The Morgan fingerprint density at radius 2 is 1.40 bits per heavy atom. The second kappa shape index (κ2) is 8.00. The Balaban J connectivity index is 1.56. The van der Waals surface area contributed by atoms with Gasteiger partial charge in [-0.1, -0.05) is 54.6 Å². The summed E-state index contributed by atoms with van der Waals surface area (Å²) in [6.45, 7) is 0. The fourth-order valence-electron chi connectivity index (χ4n) is 3.24. The van der Waals surface area contributed by atoms with Crippen molar-refractivity contribution in [2.75, 3.05) is 16.7 Å². The molecule has 1 amide bonds. The summed E-state index contributed by atoms with van der Waals surface area (Å²) in [6.07, 6.45) is 0. The molecule has 0 spiro atoms. The molecule has 0 radical (unpaired) electrons. The van der Waals surface area contributed by atoms with E-state index in [1.807, 2.05) is 48.5 Å². The van der Waals surface area contributed by atoms with Crippen LogP contribution in [0, 0.1) is 0 Å². The third-order valence-corrected chi connectivity index (χ3v) is 6.73. The number of hydrogen-bond donors (Lipinski definition) is 1. The number of carbonyl (C=O) groups is 1. The summed E-state index contributed by atoms with van der Waals surface area (Å²) >= 11 is 0. The molecular weight excluding hydrogens is 396 g/mol. The van der Waals surface area contributed by atoms with Gasteiger partial charge in [-0.2, -0.15) is 0 Å². The Morgan fingerprint density at radius 1 is 0.767 bits per heavy atom. The lowest BCUT2D eigenvalue weighted by molar-refractivity contribution is 0.102. The van der Waals surface area contributed by atoms with E-state index >= 15 is 0 Å². The van der Waals surface area contributed by atoms with Crippen molar-refractivity contribution < 1.29 is 13.2 Å². The average Bonchev–Trinajstić information content (AvgIpc) is 2.79. The Morgan fingerprint density at radius 3 is 2.13 bits per heavy atom. The summed E-state index contributed by atoms with van der Waals surface area (Å²) in [5.74, 6) is -0.299. The van der Waals surface area contributed by atoms with Crippen LogP contribution in [0.25, 0.3) is 10.8 Å². The molecule has 4 rings (SSSR count). The molecule has 0 unspecified atom stereocenters. The number of rotatable bonds is 5. The molecule has 4 aromatic rings. The van der Waals surface area contributed by atoms with Gasteiger partial charge in [-0.15, -0.1) is 0 Å². The number of anilines is 2. The van der Waals surface area contributed by atoms with Gasteiger partial charge in [-0.25, -0.2) is 8.42 Å². The van der Waals surface area contributed by atoms with E-state index in [4.69, 9.17) is 0 Å². The topological polar surface area (TPSA) is 66.5 Å². The predicted molar refractivity (Wildman–Crippen MR) is 120 cm³/mol. The number of hydrogen-bond acceptors (Lipinski definition) is 3. The zero-order valence-corrected chi connectivity index (χ0v) is 17.1. The molecule has 0 fully saturated rings. The lowest BCUT2D eigenvalue weighted by atomic mass is 10.1. The molecule has 150 valence electrons. The number of fused-ring (bicyclic) bond motifs is 1. The maximum absolute atomic E-state index is 12.9. The largest absolute Gasteiger partial charge is 0.321 e. The maximum Gasteiger partial charge on any atom is 0.264 e. The van der Waals surface area contributed by atoms with Gasteiger partial charge >= 0.3 is 0 Å². The van der Waals surface area contributed by atoms with Crippen molar-refractivity contribution in [1.29, 1.82) is 0 Å². The van der Waals surface area contributed by atoms with Gasteiger partial charge in [-0.05, 0) is 47.9 Å². The molecule has 0 saturated heterocycles. The van der Waals surface area contributed by atoms with Crippen molar-refractivity contribution in [3.05, 3.63) is 103 Å². The molecule has 4 aromatic carbocycles. The van der Waals surface area contributed by atoms with E-state index in [2.05, 4.69) is 5.32 Å². The first kappa shape index (κ1) is 19.7. The van der Waals surface area contributed by atoms with Gasteiger partial charge in [0.05, 0.1) is 10.6 Å². The first-order valence-corrected chi connectivity index (χ1v) is 10.8. The number of para-hydroxylation sites is 1. The standard InChI is InChI=1S/C24H20N2O3S/c1-26(20-10-3-2-4-11-20)30(28,29)21-16-14-19(15-17-21)24(27)25-23-13-7-9-18-8-5-6-12-22(18)23/h2-17H,1H3,(H,25,27). The number of carbonyl (C=O) groups excluding carboxylic acids is 1. The first-order valence-electron chi connectivity index (χ1n) is 9.40. The van der Waals surface area contributed by atoms with Gasteiger partial charge in [0.1, 0.15) is 0 Å². The lowest BCUT2D eigenvalue weighted by Gasteiger charge is -2.19. The Labute approximate surface area is 175 Å². The van der Waals surface area contributed by atoms with Crippen LogP contribution in [0.5, 0.6) is 0 Å². The van der Waals surface area contributed by atoms with Crippen molar-refractivity contribution in [3.8, 4) is 0 Å². The van der Waals surface area contributed by atoms with E-state index in [-0.39, 0.29) is 10.8 Å². The molecule has 30 heavy (non-hydrogen) atoms. The van der Waals surface area contributed by atoms with Crippen molar-refractivity contribution in [1.82, 2.24) is 0 Å². The fourth-order valence-corrected chi connectivity index (χ4v) is 4.44. The Hall–Kier alpha value is -3.64. The smallest absolute Gasteiger partial charge is 0.264 e. The molecule has 6 heteroatoms. The van der Waals surface area contributed by atoms with Crippen LogP contribution in [0.15, 0.2) is 102 Å². The minimum Gasteiger partial charge on any atom is -0.321 e. The molecule has 5 nitrogen and oxygen atoms in total. The SMILES string of the molecule is CN(c1ccccc1)S(=O)(=O)c1ccc(C(=O)Nc2cccc3ccccc23)cc1. The maximum atomic E-state index is 12.9. The number of sulfonamides is 1. The first-order chi connectivity index (χ1) is 14.5. The second-order valence-corrected chi connectivity index (χ2v) is 8.78. The summed E-state index contributed by atoms with van der Waals surface area (Å²) in [4.78, 5) is 12.8. The third-order valence-electron chi connectivity index (χ3n) is 4.93. The molecular formula is C24H20N2O3S. The van der Waals surface area contributed by atoms with Gasteiger partial charge in [0.15, 0.2) is 0 Å². The molecule has 1 N–H and O–H groups in total. The van der Waals surface area contributed by atoms with E-state index < -0.39 is 10.0 Å². The lowest BCUT2D eigenvalue weighted by Crippen LogP contribution is -2.26. The molecule has 0 saturated carbocycles. The minimum atomic E-state index is -3.72. The summed E-state index contributed by atoms with van der Waals surface area (Å²) in [5, 5.41) is 4.88. The Kier molecular flexibility index (Phi) is 5.25. The van der Waals surface area contributed by atoms with Gasteiger partial charge in [-0.3, -0.25) is 9.10 Å². The van der Waals surface area contributed by atoms with Crippen LogP contribution in [-0.2, 0) is 10.0 Å². The minimum absolute atomic E-state index is 0.121. The zero-order valence-electron chi connectivity index (χ0n) is 16.3. The highest BCUT2D eigenvalue weighted by molar-refractivity contribution is 7.92. The van der Waals surface area contributed by atoms with E-state index in [0.29, 0.717) is 16.9 Å². The number of benzene rings is 4. The predicted octanol–water partition coefficient (Wildman–Crippen LogP) is 4.92. The monoisotopic (exact) mass is 416 g/mol. The molecule has 0 aromatic heterocycles. The summed E-state index contributed by atoms with van der Waals surface area (Å²) < 4.78 is 27.0. The summed E-state index contributed by atoms with van der Waals surface area (Å²) in [7, 11) is -2.21. The highest BCUT2D eigenvalue weighted by atomic mass is 32.2. The molecule has 0 aliphatic rings. The van der Waals surface area contributed by atoms with Gasteiger partial charge < -0.3 is 5.32 Å². The molecule has 0 heterocycles. The van der Waals surface area contributed by atoms with Crippen molar-refractivity contribution in [3.63, 3.8) is 0 Å². The van der Waals surface area contributed by atoms with Crippen molar-refractivity contribution in [2.45, 2.75) is 4.90 Å². The molecule has 0 aliphatic carbocycles. The Bertz CT molecular complexity index is 1300. The van der Waals surface area contributed by atoms with Crippen LogP contribution < -0.4 is 9.62 Å². The average molecular weight is 417 g/mol. The summed E-state index contributed by atoms with van der Waals surface area (Å²) in [5.41, 5.74) is 1.65. The number of nitrogens with one attached hydrogen (secondary N) is 1. The quantitative estimate of drug-likeness (QED) is 0.502. The summed E-state index contributed by atoms with van der Waals surface area (Å²) in [6, 6.07) is 28.3. The van der Waals surface area contributed by atoms with Gasteiger partial charge in [0.2, 0.25) is 0 Å². The highest BCUT2D eigenvalue weighted by Gasteiger charge is 2.21. The van der Waals surface area contributed by atoms with Crippen LogP contribution in [0.3, 0.4) is 0 Å². The van der Waals surface area contributed by atoms with E-state index in [0.717, 1.165) is 10.8 Å². The van der Waals surface area contributed by atoms with Crippen LogP contribution in [-0.4, -0.2) is 21.4 Å². The number of nitrogens with zero attached hydrogens (tertiary/aromatic N) is 1. The molecule has 0 bridgehead atoms. The normalized spacial score (nSPS) is 11.2. The molecule has 0 aliphatic heterocycles. The van der Waals surface area contributed by atoms with E-state index in [9.17, 15) is 13.2 Å². The number of amides is 1. The van der Waals surface area contributed by atoms with Crippen LogP contribution in [0.4, 0.5) is 11.4 Å². The second-order valence-electron chi connectivity index (χ2n) is 6.81. The van der Waals surface area contributed by atoms with E-state index in [1.165, 1.54) is 35.6 Å². The van der Waals surface area contributed by atoms with Crippen LogP contribution in [0.1, 0.15) is 10.4 Å². The van der Waals surface area contributed by atoms with Gasteiger partial charge in [0.25, 0.3) is 15.9 Å². The van der Waals surface area contributed by atoms with E-state index in [1.54, 1.807) is 24.3 Å². The van der Waals surface area contributed by atoms with Crippen molar-refractivity contribution in [2.24, 2.45) is 0 Å². The zero-order chi connectivity index (χ0) is 21.1. The highest BCUT2D eigenvalue weighted by Crippen LogP contribution is 2.25. The fraction of sp³-hybridized carbons (Fsp3) is 0.0417. The van der Waals surface area contributed by atoms with Crippen LogP contribution in [0.2, 0.25) is 0 Å². The molecule has 0 atom stereocenters. The van der Waals surface area contributed by atoms with Crippen molar-refractivity contribution >= 4 is 38.1 Å². The van der Waals surface area contributed by atoms with Crippen LogP contribution >= 0.6 is 0 Å². The third kappa shape index (κ3) is 3.77.